The van der Waals surface area contributed by atoms with Crippen LogP contribution in [0.4, 0.5) is 0 Å². The smallest absolute Gasteiger partial charge is 0.306 e. The van der Waals surface area contributed by atoms with Crippen molar-refractivity contribution in [1.82, 2.24) is 0 Å². The zero-order chi connectivity index (χ0) is 46.5. The minimum Gasteiger partial charge on any atom is -0.462 e. The highest BCUT2D eigenvalue weighted by Crippen LogP contribution is 2.15. The van der Waals surface area contributed by atoms with E-state index in [0.717, 1.165) is 77.0 Å². The summed E-state index contributed by atoms with van der Waals surface area (Å²) in [7, 11) is 0. The summed E-state index contributed by atoms with van der Waals surface area (Å²) in [5.41, 5.74) is 0. The monoisotopic (exact) mass is 893 g/mol. The quantitative estimate of drug-likeness (QED) is 0.0262. The minimum atomic E-state index is -0.803. The molecule has 0 aliphatic rings. The minimum absolute atomic E-state index is 0.0969. The molecule has 1 atom stereocenters. The zero-order valence-electron chi connectivity index (χ0n) is 42.0. The van der Waals surface area contributed by atoms with Crippen LogP contribution >= 0.6 is 0 Å². The molecule has 0 spiro atoms. The maximum atomic E-state index is 12.8. The number of allylic oxidation sites excluding steroid dienone is 12. The zero-order valence-corrected chi connectivity index (χ0v) is 42.0. The maximum Gasteiger partial charge on any atom is 0.306 e. The van der Waals surface area contributed by atoms with Crippen LogP contribution in [0.25, 0.3) is 0 Å². The molecular formula is C58H100O6. The highest BCUT2D eigenvalue weighted by atomic mass is 16.6. The molecule has 6 heteroatoms. The lowest BCUT2D eigenvalue weighted by atomic mass is 10.1. The van der Waals surface area contributed by atoms with Crippen molar-refractivity contribution in [3.63, 3.8) is 0 Å². The molecule has 0 aromatic rings. The number of carbonyl (C=O) groups excluding carboxylic acids is 3. The third kappa shape index (κ3) is 49.9. The highest BCUT2D eigenvalue weighted by Gasteiger charge is 2.19. The van der Waals surface area contributed by atoms with Crippen molar-refractivity contribution in [2.45, 2.75) is 264 Å². The standard InChI is InChI=1S/C58H100O6/c1-4-7-10-13-16-19-22-24-26-28-29-31-32-34-36-39-42-45-48-51-57(60)63-54-55(53-62-56(59)50-47-44-41-38-21-18-15-12-9-6-3)64-58(61)52-49-46-43-40-37-35-33-30-27-25-23-20-17-14-11-8-5-2/h8,11,17,20,24-27,33,35,40,43,55H,4-7,9-10,12-16,18-19,21-23,28-32,34,36-39,41-42,44-54H2,1-3H3/b11-8-,20-17-,26-24-,27-25-,35-33-,43-40-. The Hall–Kier alpha value is -3.15. The van der Waals surface area contributed by atoms with Crippen molar-refractivity contribution in [3.8, 4) is 0 Å². The molecule has 0 N–H and O–H groups in total. The summed E-state index contributed by atoms with van der Waals surface area (Å²) >= 11 is 0. The number of carbonyl (C=O) groups is 3. The van der Waals surface area contributed by atoms with E-state index in [4.69, 9.17) is 14.2 Å². The Morgan fingerprint density at radius 3 is 1.02 bits per heavy atom. The van der Waals surface area contributed by atoms with Crippen LogP contribution in [0.5, 0.6) is 0 Å². The lowest BCUT2D eigenvalue weighted by Gasteiger charge is -2.18. The van der Waals surface area contributed by atoms with E-state index in [1.165, 1.54) is 135 Å². The molecule has 0 aromatic heterocycles. The van der Waals surface area contributed by atoms with E-state index in [1.54, 1.807) is 0 Å². The van der Waals surface area contributed by atoms with Gasteiger partial charge in [-0.1, -0.05) is 229 Å². The van der Waals surface area contributed by atoms with Crippen molar-refractivity contribution in [2.75, 3.05) is 13.2 Å². The van der Waals surface area contributed by atoms with E-state index in [1.807, 2.05) is 0 Å². The first-order valence-corrected chi connectivity index (χ1v) is 26.9. The second kappa shape index (κ2) is 52.5. The Morgan fingerprint density at radius 1 is 0.328 bits per heavy atom. The normalized spacial score (nSPS) is 12.6. The van der Waals surface area contributed by atoms with Gasteiger partial charge in [0.25, 0.3) is 0 Å². The van der Waals surface area contributed by atoms with E-state index >= 15 is 0 Å². The van der Waals surface area contributed by atoms with Gasteiger partial charge in [0.05, 0.1) is 0 Å². The van der Waals surface area contributed by atoms with Crippen LogP contribution in [0.1, 0.15) is 258 Å². The number of unbranched alkanes of at least 4 members (excludes halogenated alkanes) is 25. The fourth-order valence-electron chi connectivity index (χ4n) is 7.41. The van der Waals surface area contributed by atoms with E-state index in [-0.39, 0.29) is 37.5 Å². The maximum absolute atomic E-state index is 12.8. The SMILES string of the molecule is CC/C=C\C/C=C\C/C=C\C/C=C\C/C=C\CCCC(=O)OC(COC(=O)CCCCCCCCCCCC)COC(=O)CCCCCCCCCCC/C=C\CCCCCCCC. The van der Waals surface area contributed by atoms with Crippen LogP contribution in [0.15, 0.2) is 72.9 Å². The van der Waals surface area contributed by atoms with E-state index in [2.05, 4.69) is 93.7 Å². The highest BCUT2D eigenvalue weighted by molar-refractivity contribution is 5.71. The summed E-state index contributed by atoms with van der Waals surface area (Å²) in [4.78, 5) is 38.0. The third-order valence-electron chi connectivity index (χ3n) is 11.4. The molecule has 0 aromatic carbocycles. The topological polar surface area (TPSA) is 78.9 Å². The Balaban J connectivity index is 4.40. The first-order valence-electron chi connectivity index (χ1n) is 26.9. The van der Waals surface area contributed by atoms with Gasteiger partial charge in [0, 0.05) is 19.3 Å². The molecule has 0 fully saturated rings. The van der Waals surface area contributed by atoms with E-state index < -0.39 is 6.10 Å². The molecule has 0 aliphatic carbocycles. The fourth-order valence-corrected chi connectivity index (χ4v) is 7.41. The number of hydrogen-bond acceptors (Lipinski definition) is 6. The number of hydrogen-bond donors (Lipinski definition) is 0. The van der Waals surface area contributed by atoms with Crippen LogP contribution < -0.4 is 0 Å². The predicted molar refractivity (Wildman–Crippen MR) is 274 cm³/mol. The molecule has 1 unspecified atom stereocenters. The van der Waals surface area contributed by atoms with Crippen molar-refractivity contribution in [3.05, 3.63) is 72.9 Å². The van der Waals surface area contributed by atoms with E-state index in [9.17, 15) is 14.4 Å². The molecule has 0 amide bonds. The fraction of sp³-hybridized carbons (Fsp3) is 0.741. The lowest BCUT2D eigenvalue weighted by Crippen LogP contribution is -2.30. The second-order valence-corrected chi connectivity index (χ2v) is 17.8. The molecule has 0 rings (SSSR count). The summed E-state index contributed by atoms with van der Waals surface area (Å²) in [5.74, 6) is -0.955. The molecule has 368 valence electrons. The van der Waals surface area contributed by atoms with Crippen LogP contribution in [-0.4, -0.2) is 37.2 Å². The molecular weight excluding hydrogens is 793 g/mol. The summed E-state index contributed by atoms with van der Waals surface area (Å²) in [5, 5.41) is 0. The molecule has 0 aliphatic heterocycles. The van der Waals surface area contributed by atoms with Gasteiger partial charge in [-0.15, -0.1) is 0 Å². The van der Waals surface area contributed by atoms with Gasteiger partial charge in [-0.3, -0.25) is 14.4 Å². The van der Waals surface area contributed by atoms with Gasteiger partial charge in [0.2, 0.25) is 0 Å². The Bertz CT molecular complexity index is 1210. The summed E-state index contributed by atoms with van der Waals surface area (Å²) in [6, 6.07) is 0. The van der Waals surface area contributed by atoms with Gasteiger partial charge >= 0.3 is 17.9 Å². The Morgan fingerprint density at radius 2 is 0.625 bits per heavy atom. The second-order valence-electron chi connectivity index (χ2n) is 17.8. The third-order valence-corrected chi connectivity index (χ3v) is 11.4. The molecule has 6 nitrogen and oxygen atoms in total. The largest absolute Gasteiger partial charge is 0.462 e. The molecule has 0 saturated carbocycles. The number of rotatable bonds is 48. The molecule has 0 bridgehead atoms. The molecule has 64 heavy (non-hydrogen) atoms. The molecule has 0 radical (unpaired) electrons. The molecule has 0 saturated heterocycles. The van der Waals surface area contributed by atoms with Crippen molar-refractivity contribution < 1.29 is 28.6 Å². The summed E-state index contributed by atoms with van der Waals surface area (Å²) in [6.45, 7) is 6.47. The van der Waals surface area contributed by atoms with Crippen LogP contribution in [0.2, 0.25) is 0 Å². The summed E-state index contributed by atoms with van der Waals surface area (Å²) in [6.07, 6.45) is 66.1. The van der Waals surface area contributed by atoms with Crippen LogP contribution in [0.3, 0.4) is 0 Å². The van der Waals surface area contributed by atoms with Gasteiger partial charge in [-0.25, -0.2) is 0 Å². The van der Waals surface area contributed by atoms with Gasteiger partial charge in [0.15, 0.2) is 6.10 Å². The average Bonchev–Trinajstić information content (AvgIpc) is 3.29. The molecule has 0 heterocycles. The van der Waals surface area contributed by atoms with Crippen LogP contribution in [0, 0.1) is 0 Å². The predicted octanol–water partition coefficient (Wildman–Crippen LogP) is 17.8. The van der Waals surface area contributed by atoms with Crippen molar-refractivity contribution >= 4 is 17.9 Å². The number of esters is 3. The van der Waals surface area contributed by atoms with Crippen molar-refractivity contribution in [1.29, 1.82) is 0 Å². The lowest BCUT2D eigenvalue weighted by molar-refractivity contribution is -0.167. The Labute approximate surface area is 395 Å². The Kier molecular flexibility index (Phi) is 49.9. The van der Waals surface area contributed by atoms with Crippen LogP contribution in [-0.2, 0) is 28.6 Å². The van der Waals surface area contributed by atoms with Gasteiger partial charge < -0.3 is 14.2 Å². The first-order chi connectivity index (χ1) is 31.5. The van der Waals surface area contributed by atoms with E-state index in [0.29, 0.717) is 19.3 Å². The van der Waals surface area contributed by atoms with Gasteiger partial charge in [0.1, 0.15) is 13.2 Å². The van der Waals surface area contributed by atoms with Gasteiger partial charge in [-0.2, -0.15) is 0 Å². The average molecular weight is 893 g/mol. The first kappa shape index (κ1) is 60.9. The van der Waals surface area contributed by atoms with Gasteiger partial charge in [-0.05, 0) is 83.5 Å². The van der Waals surface area contributed by atoms with Crippen molar-refractivity contribution in [2.24, 2.45) is 0 Å². The summed E-state index contributed by atoms with van der Waals surface area (Å²) < 4.78 is 16.7. The number of ether oxygens (including phenoxy) is 3.